The number of allylic oxidation sites excluding steroid dienone is 8. The smallest absolute Gasteiger partial charge is 0.251 e. The molecule has 5 aromatic rings. The molecular formula is C51H51BN2. The minimum atomic E-state index is 0.0108. The second-order valence-corrected chi connectivity index (χ2v) is 17.8. The fraction of sp³-hybridized carbons (Fsp3) is 0.255. The summed E-state index contributed by atoms with van der Waals surface area (Å²) in [4.78, 5) is 5.23. The molecule has 54 heavy (non-hydrogen) atoms. The second-order valence-electron chi connectivity index (χ2n) is 17.8. The van der Waals surface area contributed by atoms with Crippen LogP contribution in [-0.4, -0.2) is 6.71 Å². The van der Waals surface area contributed by atoms with Gasteiger partial charge in [-0.25, -0.2) is 0 Å². The first kappa shape index (κ1) is 34.5. The molecule has 1 atom stereocenters. The topological polar surface area (TPSA) is 6.48 Å². The molecule has 2 heterocycles. The SMILES string of the molecule is CC1C=C(c2ccccc2N2c3ccc(C(C)(C)C)cc3B3C4=C(CCC(C(C)(C)C)=C4)N(c4ccccc4-c4ccccc4)c4cccc2c43)C=CC1. The minimum absolute atomic E-state index is 0.0108. The van der Waals surface area contributed by atoms with E-state index in [4.69, 9.17) is 0 Å². The molecule has 0 amide bonds. The number of para-hydroxylation sites is 2. The van der Waals surface area contributed by atoms with E-state index in [1.54, 1.807) is 0 Å². The van der Waals surface area contributed by atoms with Gasteiger partial charge < -0.3 is 9.80 Å². The number of benzene rings is 5. The van der Waals surface area contributed by atoms with Gasteiger partial charge in [-0.05, 0) is 99.4 Å². The van der Waals surface area contributed by atoms with Crippen LogP contribution in [0.1, 0.15) is 78.9 Å². The zero-order valence-electron chi connectivity index (χ0n) is 32.9. The van der Waals surface area contributed by atoms with E-state index in [1.807, 2.05) is 0 Å². The lowest BCUT2D eigenvalue weighted by Crippen LogP contribution is -2.56. The van der Waals surface area contributed by atoms with Crippen molar-refractivity contribution in [3.8, 4) is 11.1 Å². The van der Waals surface area contributed by atoms with Crippen molar-refractivity contribution in [1.29, 1.82) is 0 Å². The van der Waals surface area contributed by atoms with Crippen LogP contribution in [0.4, 0.5) is 28.4 Å². The van der Waals surface area contributed by atoms with Crippen molar-refractivity contribution in [3.63, 3.8) is 0 Å². The van der Waals surface area contributed by atoms with Crippen LogP contribution >= 0.6 is 0 Å². The molecular weight excluding hydrogens is 651 g/mol. The highest BCUT2D eigenvalue weighted by Crippen LogP contribution is 2.51. The molecule has 0 saturated heterocycles. The van der Waals surface area contributed by atoms with Crippen LogP contribution in [0, 0.1) is 11.3 Å². The van der Waals surface area contributed by atoms with E-state index in [1.165, 1.54) is 83.9 Å². The number of fused-ring (bicyclic) bond motifs is 3. The highest BCUT2D eigenvalue weighted by Gasteiger charge is 2.46. The van der Waals surface area contributed by atoms with E-state index in [0.717, 1.165) is 19.3 Å². The Labute approximate surface area is 323 Å². The van der Waals surface area contributed by atoms with Crippen LogP contribution < -0.4 is 20.7 Å². The quantitative estimate of drug-likeness (QED) is 0.172. The second kappa shape index (κ2) is 12.9. The molecule has 0 saturated carbocycles. The molecule has 0 N–H and O–H groups in total. The van der Waals surface area contributed by atoms with Crippen LogP contribution in [0.3, 0.4) is 0 Å². The van der Waals surface area contributed by atoms with Crippen LogP contribution in [-0.2, 0) is 5.41 Å². The average Bonchev–Trinajstić information content (AvgIpc) is 3.17. The van der Waals surface area contributed by atoms with Gasteiger partial charge in [0.1, 0.15) is 0 Å². The predicted octanol–water partition coefficient (Wildman–Crippen LogP) is 12.7. The summed E-state index contributed by atoms with van der Waals surface area (Å²) in [6.07, 6.45) is 12.9. The van der Waals surface area contributed by atoms with Crippen molar-refractivity contribution >= 4 is 51.6 Å². The first-order chi connectivity index (χ1) is 26.0. The van der Waals surface area contributed by atoms with Gasteiger partial charge in [-0.15, -0.1) is 0 Å². The Balaban J connectivity index is 1.37. The summed E-state index contributed by atoms with van der Waals surface area (Å²) in [5, 5.41) is 0. The number of hydrogen-bond acceptors (Lipinski definition) is 2. The number of hydrogen-bond donors (Lipinski definition) is 0. The van der Waals surface area contributed by atoms with Crippen molar-refractivity contribution in [2.45, 2.75) is 73.1 Å². The van der Waals surface area contributed by atoms with Crippen molar-refractivity contribution in [1.82, 2.24) is 0 Å². The maximum Gasteiger partial charge on any atom is 0.251 e. The van der Waals surface area contributed by atoms with E-state index >= 15 is 0 Å². The number of nitrogens with zero attached hydrogens (tertiary/aromatic N) is 2. The molecule has 0 aromatic heterocycles. The average molecular weight is 703 g/mol. The first-order valence-corrected chi connectivity index (χ1v) is 19.9. The number of rotatable bonds is 4. The third-order valence-electron chi connectivity index (χ3n) is 12.1. The monoisotopic (exact) mass is 702 g/mol. The van der Waals surface area contributed by atoms with Gasteiger partial charge in [0.25, 0.3) is 6.71 Å². The summed E-state index contributed by atoms with van der Waals surface area (Å²) in [7, 11) is 0. The van der Waals surface area contributed by atoms with E-state index < -0.39 is 0 Å². The van der Waals surface area contributed by atoms with E-state index in [0.29, 0.717) is 5.92 Å². The number of anilines is 5. The fourth-order valence-electron chi connectivity index (χ4n) is 9.26. The molecule has 1 unspecified atom stereocenters. The maximum atomic E-state index is 2.64. The van der Waals surface area contributed by atoms with Crippen molar-refractivity contribution in [2.24, 2.45) is 11.3 Å². The van der Waals surface area contributed by atoms with Crippen molar-refractivity contribution < 1.29 is 0 Å². The Hall–Kier alpha value is -5.28. The Bertz CT molecular complexity index is 2410. The third-order valence-corrected chi connectivity index (χ3v) is 12.1. The summed E-state index contributed by atoms with van der Waals surface area (Å²) in [5.41, 5.74) is 20.0. The van der Waals surface area contributed by atoms with Gasteiger partial charge in [0.05, 0.1) is 11.4 Å². The largest absolute Gasteiger partial charge is 0.315 e. The normalized spacial score (nSPS) is 17.8. The Morgan fingerprint density at radius 3 is 1.96 bits per heavy atom. The van der Waals surface area contributed by atoms with E-state index in [2.05, 4.69) is 198 Å². The van der Waals surface area contributed by atoms with Crippen molar-refractivity contribution in [2.75, 3.05) is 9.80 Å². The molecule has 0 bridgehead atoms. The van der Waals surface area contributed by atoms with Crippen LogP contribution in [0.5, 0.6) is 0 Å². The molecule has 9 rings (SSSR count). The zero-order valence-corrected chi connectivity index (χ0v) is 32.9. The Kier molecular flexibility index (Phi) is 8.27. The van der Waals surface area contributed by atoms with Gasteiger partial charge in [0, 0.05) is 33.9 Å². The highest BCUT2D eigenvalue weighted by atomic mass is 15.2. The summed E-state index contributed by atoms with van der Waals surface area (Å²) >= 11 is 0. The highest BCUT2D eigenvalue weighted by molar-refractivity contribution is 6.95. The van der Waals surface area contributed by atoms with Crippen LogP contribution in [0.25, 0.3) is 16.7 Å². The van der Waals surface area contributed by atoms with Gasteiger partial charge in [-0.1, -0.05) is 163 Å². The summed E-state index contributed by atoms with van der Waals surface area (Å²) in [5.74, 6) is 0.508. The molecule has 2 aliphatic heterocycles. The molecule has 3 heteroatoms. The van der Waals surface area contributed by atoms with Gasteiger partial charge in [0.2, 0.25) is 0 Å². The molecule has 2 nitrogen and oxygen atoms in total. The molecule has 5 aromatic carbocycles. The van der Waals surface area contributed by atoms with E-state index in [-0.39, 0.29) is 17.5 Å². The molecule has 268 valence electrons. The lowest BCUT2D eigenvalue weighted by atomic mass is 9.32. The molecule has 4 aliphatic rings. The third kappa shape index (κ3) is 5.72. The lowest BCUT2D eigenvalue weighted by Gasteiger charge is -2.47. The fourth-order valence-corrected chi connectivity index (χ4v) is 9.26. The molecule has 0 fully saturated rings. The zero-order chi connectivity index (χ0) is 37.4. The Morgan fingerprint density at radius 1 is 0.611 bits per heavy atom. The van der Waals surface area contributed by atoms with E-state index in [9.17, 15) is 0 Å². The minimum Gasteiger partial charge on any atom is -0.315 e. The molecule has 2 aliphatic carbocycles. The summed E-state index contributed by atoms with van der Waals surface area (Å²) < 4.78 is 0. The van der Waals surface area contributed by atoms with Gasteiger partial charge >= 0.3 is 0 Å². The van der Waals surface area contributed by atoms with Crippen LogP contribution in [0.2, 0.25) is 0 Å². The van der Waals surface area contributed by atoms with Gasteiger partial charge in [0.15, 0.2) is 0 Å². The first-order valence-electron chi connectivity index (χ1n) is 19.9. The van der Waals surface area contributed by atoms with Gasteiger partial charge in [-0.3, -0.25) is 0 Å². The lowest BCUT2D eigenvalue weighted by molar-refractivity contribution is 0.478. The van der Waals surface area contributed by atoms with Gasteiger partial charge in [-0.2, -0.15) is 0 Å². The molecule has 0 spiro atoms. The summed E-state index contributed by atoms with van der Waals surface area (Å²) in [6.45, 7) is 16.6. The summed E-state index contributed by atoms with van der Waals surface area (Å²) in [6, 6.07) is 43.4. The molecule has 0 radical (unpaired) electrons. The predicted molar refractivity (Wildman–Crippen MR) is 234 cm³/mol. The van der Waals surface area contributed by atoms with Crippen molar-refractivity contribution in [3.05, 3.63) is 167 Å². The standard InChI is InChI=1S/C51H51BN2/c1-34-17-15-20-36(31-34)40-22-12-14-24-44(40)54-46-30-28-38(51(5,6)7)33-42(46)52-41-32-37(50(2,3)4)27-29-45(41)53(47-25-16-26-48(54)49(47)52)43-23-13-11-21-39(43)35-18-9-8-10-19-35/h8-16,18-26,28,30-34H,17,27,29H2,1-7H3. The Morgan fingerprint density at radius 2 is 1.26 bits per heavy atom. The maximum absolute atomic E-state index is 2.64. The van der Waals surface area contributed by atoms with Crippen LogP contribution in [0.15, 0.2) is 156 Å².